The van der Waals surface area contributed by atoms with Gasteiger partial charge in [0.05, 0.1) is 6.17 Å². The van der Waals surface area contributed by atoms with Gasteiger partial charge in [0.1, 0.15) is 0 Å². The molecule has 0 spiro atoms. The Kier molecular flexibility index (Phi) is 2.66. The molecule has 12 heavy (non-hydrogen) atoms. The van der Waals surface area contributed by atoms with Crippen molar-refractivity contribution in [1.82, 2.24) is 9.80 Å². The fraction of sp³-hybridized carbons (Fsp3) is 1.00. The number of nitrogens with zero attached hydrogens (tertiary/aromatic N) is 2. The number of hydrogen-bond donors (Lipinski definition) is 0. The van der Waals surface area contributed by atoms with Crippen LogP contribution in [0.5, 0.6) is 0 Å². The molecule has 0 atom stereocenters. The Hall–Kier alpha value is -0.0800. The van der Waals surface area contributed by atoms with Crippen molar-refractivity contribution in [2.45, 2.75) is 38.8 Å². The van der Waals surface area contributed by atoms with Crippen LogP contribution in [0.15, 0.2) is 0 Å². The third-order valence-corrected chi connectivity index (χ3v) is 2.87. The summed E-state index contributed by atoms with van der Waals surface area (Å²) >= 11 is 0. The number of rotatable bonds is 6. The predicted octanol–water partition coefficient (Wildman–Crippen LogP) is 1.52. The molecule has 0 aromatic carbocycles. The Bertz CT molecular complexity index is 127. The van der Waals surface area contributed by atoms with Gasteiger partial charge in [-0.05, 0) is 6.42 Å². The maximum Gasteiger partial charge on any atom is 0.0624 e. The molecule has 0 aromatic heterocycles. The van der Waals surface area contributed by atoms with E-state index in [9.17, 15) is 0 Å². The normalized spacial score (nSPS) is 23.5. The molecule has 2 rings (SSSR count). The minimum atomic E-state index is 0.830. The van der Waals surface area contributed by atoms with Crippen molar-refractivity contribution in [2.24, 2.45) is 0 Å². The average molecular weight is 168 g/mol. The molecule has 0 aromatic rings. The highest BCUT2D eigenvalue weighted by atomic mass is 15.5. The van der Waals surface area contributed by atoms with E-state index in [0.717, 1.165) is 6.17 Å². The zero-order chi connectivity index (χ0) is 8.39. The highest BCUT2D eigenvalue weighted by Gasteiger charge is 2.36. The Morgan fingerprint density at radius 3 is 2.00 bits per heavy atom. The van der Waals surface area contributed by atoms with E-state index in [4.69, 9.17) is 0 Å². The molecule has 0 radical (unpaired) electrons. The molecule has 2 saturated heterocycles. The van der Waals surface area contributed by atoms with Crippen LogP contribution < -0.4 is 0 Å². The Labute approximate surface area is 75.5 Å². The number of hydrogen-bond acceptors (Lipinski definition) is 2. The summed E-state index contributed by atoms with van der Waals surface area (Å²) in [5, 5.41) is 0. The van der Waals surface area contributed by atoms with Gasteiger partial charge in [-0.1, -0.05) is 26.2 Å². The molecule has 2 heterocycles. The van der Waals surface area contributed by atoms with Gasteiger partial charge in [-0.15, -0.1) is 0 Å². The smallest absolute Gasteiger partial charge is 0.0624 e. The van der Waals surface area contributed by atoms with Crippen molar-refractivity contribution in [3.8, 4) is 0 Å². The summed E-state index contributed by atoms with van der Waals surface area (Å²) in [5.41, 5.74) is 0. The molecule has 0 bridgehead atoms. The first-order chi connectivity index (χ1) is 5.92. The lowest BCUT2D eigenvalue weighted by atomic mass is 10.2. The second-order valence-electron chi connectivity index (χ2n) is 4.05. The first kappa shape index (κ1) is 8.52. The molecule has 0 saturated carbocycles. The fourth-order valence-electron chi connectivity index (χ4n) is 1.88. The molecule has 2 aliphatic heterocycles. The van der Waals surface area contributed by atoms with Crippen LogP contribution in [-0.4, -0.2) is 42.1 Å². The maximum atomic E-state index is 2.60. The quantitative estimate of drug-likeness (QED) is 0.438. The van der Waals surface area contributed by atoms with Crippen LogP contribution in [0.3, 0.4) is 0 Å². The van der Waals surface area contributed by atoms with E-state index in [-0.39, 0.29) is 0 Å². The van der Waals surface area contributed by atoms with E-state index in [1.807, 2.05) is 0 Å². The summed E-state index contributed by atoms with van der Waals surface area (Å²) in [6.07, 6.45) is 6.43. The van der Waals surface area contributed by atoms with Crippen LogP contribution in [0, 0.1) is 0 Å². The van der Waals surface area contributed by atoms with Gasteiger partial charge in [0, 0.05) is 26.2 Å². The Morgan fingerprint density at radius 2 is 1.58 bits per heavy atom. The van der Waals surface area contributed by atoms with Crippen LogP contribution in [0.25, 0.3) is 0 Å². The molecule has 0 aliphatic carbocycles. The lowest BCUT2D eigenvalue weighted by Crippen LogP contribution is -2.27. The summed E-state index contributed by atoms with van der Waals surface area (Å²) < 4.78 is 0. The van der Waals surface area contributed by atoms with Crippen LogP contribution in [-0.2, 0) is 0 Å². The first-order valence-corrected chi connectivity index (χ1v) is 5.40. The fourth-order valence-corrected chi connectivity index (χ4v) is 1.88. The molecule has 0 unspecified atom stereocenters. The van der Waals surface area contributed by atoms with Crippen molar-refractivity contribution in [3.05, 3.63) is 0 Å². The van der Waals surface area contributed by atoms with E-state index in [1.165, 1.54) is 51.9 Å². The molecule has 2 heteroatoms. The van der Waals surface area contributed by atoms with E-state index >= 15 is 0 Å². The lowest BCUT2D eigenvalue weighted by molar-refractivity contribution is 0.227. The van der Waals surface area contributed by atoms with Crippen LogP contribution in [0.4, 0.5) is 0 Å². The topological polar surface area (TPSA) is 6.02 Å². The van der Waals surface area contributed by atoms with E-state index in [1.54, 1.807) is 0 Å². The average Bonchev–Trinajstić information content (AvgIpc) is 2.87. The van der Waals surface area contributed by atoms with Gasteiger partial charge in [0.25, 0.3) is 0 Å². The zero-order valence-corrected chi connectivity index (χ0v) is 8.13. The monoisotopic (exact) mass is 168 g/mol. The highest BCUT2D eigenvalue weighted by molar-refractivity contribution is 4.88. The van der Waals surface area contributed by atoms with E-state index in [0.29, 0.717) is 0 Å². The van der Waals surface area contributed by atoms with Crippen molar-refractivity contribution >= 4 is 0 Å². The van der Waals surface area contributed by atoms with E-state index < -0.39 is 0 Å². The molecule has 0 N–H and O–H groups in total. The van der Waals surface area contributed by atoms with Crippen LogP contribution >= 0.6 is 0 Å². The minimum absolute atomic E-state index is 0.830. The van der Waals surface area contributed by atoms with E-state index in [2.05, 4.69) is 16.7 Å². The molecule has 70 valence electrons. The van der Waals surface area contributed by atoms with Gasteiger partial charge in [-0.2, -0.15) is 0 Å². The van der Waals surface area contributed by atoms with Crippen molar-refractivity contribution < 1.29 is 0 Å². The van der Waals surface area contributed by atoms with Crippen LogP contribution in [0.2, 0.25) is 0 Å². The summed E-state index contributed by atoms with van der Waals surface area (Å²) in [4.78, 5) is 5.20. The molecular formula is C10H20N2. The summed E-state index contributed by atoms with van der Waals surface area (Å²) in [7, 11) is 0. The van der Waals surface area contributed by atoms with Crippen molar-refractivity contribution in [1.29, 1.82) is 0 Å². The molecule has 2 fully saturated rings. The molecule has 0 amide bonds. The molecule has 2 nitrogen and oxygen atoms in total. The van der Waals surface area contributed by atoms with Gasteiger partial charge < -0.3 is 0 Å². The van der Waals surface area contributed by atoms with Gasteiger partial charge in [0.2, 0.25) is 0 Å². The lowest BCUT2D eigenvalue weighted by Gasteiger charge is -2.18. The Morgan fingerprint density at radius 1 is 1.00 bits per heavy atom. The minimum Gasteiger partial charge on any atom is -0.285 e. The van der Waals surface area contributed by atoms with Gasteiger partial charge in [0.15, 0.2) is 0 Å². The van der Waals surface area contributed by atoms with Gasteiger partial charge in [-0.3, -0.25) is 9.80 Å². The largest absolute Gasteiger partial charge is 0.285 e. The Balaban J connectivity index is 1.66. The standard InChI is InChI=1S/C10H20N2/c1-2-3-4-5-10(11-6-7-11)12-8-9-12/h10H,2-9H2,1H3. The summed E-state index contributed by atoms with van der Waals surface area (Å²) in [6.45, 7) is 7.70. The van der Waals surface area contributed by atoms with Gasteiger partial charge in [-0.25, -0.2) is 0 Å². The third-order valence-electron chi connectivity index (χ3n) is 2.87. The highest BCUT2D eigenvalue weighted by Crippen LogP contribution is 2.24. The van der Waals surface area contributed by atoms with Crippen molar-refractivity contribution in [3.63, 3.8) is 0 Å². The third kappa shape index (κ3) is 2.20. The molecule has 2 aliphatic rings. The second kappa shape index (κ2) is 3.75. The molecular weight excluding hydrogens is 148 g/mol. The SMILES string of the molecule is CCCCCC(N1CC1)N1CC1. The summed E-state index contributed by atoms with van der Waals surface area (Å²) in [5.74, 6) is 0. The van der Waals surface area contributed by atoms with Crippen LogP contribution in [0.1, 0.15) is 32.6 Å². The zero-order valence-electron chi connectivity index (χ0n) is 8.13. The predicted molar refractivity (Wildman–Crippen MR) is 51.1 cm³/mol. The summed E-state index contributed by atoms with van der Waals surface area (Å²) in [6, 6.07) is 0. The van der Waals surface area contributed by atoms with Crippen molar-refractivity contribution in [2.75, 3.05) is 26.2 Å². The number of unbranched alkanes of at least 4 members (excludes halogenated alkanes) is 2. The first-order valence-electron chi connectivity index (χ1n) is 5.40. The van der Waals surface area contributed by atoms with Gasteiger partial charge >= 0.3 is 0 Å². The second-order valence-corrected chi connectivity index (χ2v) is 4.05. The maximum absolute atomic E-state index is 2.60.